The number of benzene rings is 2. The van der Waals surface area contributed by atoms with Crippen LogP contribution in [0.3, 0.4) is 0 Å². The van der Waals surface area contributed by atoms with Gasteiger partial charge in [-0.2, -0.15) is 5.10 Å². The van der Waals surface area contributed by atoms with Crippen LogP contribution in [0.15, 0.2) is 61.2 Å². The Morgan fingerprint density at radius 2 is 1.83 bits per heavy atom. The first-order valence-corrected chi connectivity index (χ1v) is 12.3. The predicted molar refractivity (Wildman–Crippen MR) is 137 cm³/mol. The quantitative estimate of drug-likeness (QED) is 0.448. The Hall–Kier alpha value is -3.23. The van der Waals surface area contributed by atoms with E-state index in [4.69, 9.17) is 4.74 Å². The van der Waals surface area contributed by atoms with Crippen molar-refractivity contribution in [3.05, 3.63) is 72.3 Å². The van der Waals surface area contributed by atoms with E-state index in [1.165, 1.54) is 11.9 Å². The SMILES string of the molecule is CN(C)CCOc1cc(C(=O)N2CCC(N(C)CCc3ccccc3)CC2)ccc1-n1cncn1. The smallest absolute Gasteiger partial charge is 0.253 e. The van der Waals surface area contributed by atoms with Crippen molar-refractivity contribution in [2.45, 2.75) is 25.3 Å². The number of rotatable bonds is 10. The summed E-state index contributed by atoms with van der Waals surface area (Å²) in [6.45, 7) is 3.86. The normalized spacial score (nSPS) is 14.6. The fraction of sp³-hybridized carbons (Fsp3) is 0.444. The van der Waals surface area contributed by atoms with Crippen molar-refractivity contribution >= 4 is 5.91 Å². The molecule has 1 fully saturated rings. The Kier molecular flexibility index (Phi) is 8.50. The van der Waals surface area contributed by atoms with Crippen molar-refractivity contribution in [3.8, 4) is 11.4 Å². The van der Waals surface area contributed by atoms with Crippen molar-refractivity contribution in [1.82, 2.24) is 29.5 Å². The maximum absolute atomic E-state index is 13.3. The van der Waals surface area contributed by atoms with E-state index < -0.39 is 0 Å². The van der Waals surface area contributed by atoms with Gasteiger partial charge in [-0.15, -0.1) is 0 Å². The molecule has 0 radical (unpaired) electrons. The van der Waals surface area contributed by atoms with Crippen molar-refractivity contribution in [3.63, 3.8) is 0 Å². The maximum Gasteiger partial charge on any atom is 0.253 e. The topological polar surface area (TPSA) is 66.7 Å². The minimum absolute atomic E-state index is 0.0537. The van der Waals surface area contributed by atoms with E-state index in [-0.39, 0.29) is 5.91 Å². The van der Waals surface area contributed by atoms with Gasteiger partial charge in [-0.1, -0.05) is 30.3 Å². The summed E-state index contributed by atoms with van der Waals surface area (Å²) in [6.07, 6.45) is 6.14. The third-order valence-electron chi connectivity index (χ3n) is 6.64. The molecule has 4 rings (SSSR count). The summed E-state index contributed by atoms with van der Waals surface area (Å²) in [7, 11) is 6.21. The first-order chi connectivity index (χ1) is 17.0. The Labute approximate surface area is 208 Å². The second-order valence-electron chi connectivity index (χ2n) is 9.41. The number of hydrogen-bond acceptors (Lipinski definition) is 6. The molecule has 35 heavy (non-hydrogen) atoms. The number of ether oxygens (including phenoxy) is 1. The molecule has 2 aromatic carbocycles. The van der Waals surface area contributed by atoms with Crippen molar-refractivity contribution in [2.75, 3.05) is 53.9 Å². The monoisotopic (exact) mass is 476 g/mol. The van der Waals surface area contributed by atoms with Crippen LogP contribution in [0.1, 0.15) is 28.8 Å². The van der Waals surface area contributed by atoms with Gasteiger partial charge in [0.2, 0.25) is 0 Å². The molecule has 1 amide bonds. The molecular formula is C27H36N6O2. The summed E-state index contributed by atoms with van der Waals surface area (Å²) in [5.74, 6) is 0.691. The largest absolute Gasteiger partial charge is 0.490 e. The highest BCUT2D eigenvalue weighted by atomic mass is 16.5. The van der Waals surface area contributed by atoms with E-state index in [2.05, 4.69) is 57.3 Å². The lowest BCUT2D eigenvalue weighted by Crippen LogP contribution is -2.46. The predicted octanol–water partition coefficient (Wildman–Crippen LogP) is 2.99. The molecule has 0 atom stereocenters. The van der Waals surface area contributed by atoms with E-state index in [9.17, 15) is 4.79 Å². The van der Waals surface area contributed by atoms with E-state index in [1.54, 1.807) is 11.0 Å². The summed E-state index contributed by atoms with van der Waals surface area (Å²) in [4.78, 5) is 23.8. The number of amides is 1. The van der Waals surface area contributed by atoms with Gasteiger partial charge in [0.1, 0.15) is 30.7 Å². The van der Waals surface area contributed by atoms with Crippen LogP contribution < -0.4 is 4.74 Å². The molecule has 0 unspecified atom stereocenters. The van der Waals surface area contributed by atoms with Gasteiger partial charge in [0.15, 0.2) is 0 Å². The van der Waals surface area contributed by atoms with Crippen LogP contribution in [0.5, 0.6) is 5.75 Å². The van der Waals surface area contributed by atoms with E-state index in [0.717, 1.165) is 51.1 Å². The first kappa shape index (κ1) is 24.9. The number of piperidine rings is 1. The minimum Gasteiger partial charge on any atom is -0.490 e. The van der Waals surface area contributed by atoms with Gasteiger partial charge in [0, 0.05) is 37.8 Å². The number of hydrogen-bond donors (Lipinski definition) is 0. The maximum atomic E-state index is 13.3. The van der Waals surface area contributed by atoms with Gasteiger partial charge in [-0.25, -0.2) is 9.67 Å². The number of carbonyl (C=O) groups is 1. The van der Waals surface area contributed by atoms with Crippen molar-refractivity contribution in [2.24, 2.45) is 0 Å². The number of aromatic nitrogens is 3. The molecule has 8 heteroatoms. The minimum atomic E-state index is 0.0537. The van der Waals surface area contributed by atoms with Crippen LogP contribution in [0.25, 0.3) is 5.69 Å². The van der Waals surface area contributed by atoms with Crippen LogP contribution in [0.2, 0.25) is 0 Å². The van der Waals surface area contributed by atoms with E-state index >= 15 is 0 Å². The van der Waals surface area contributed by atoms with E-state index in [1.807, 2.05) is 37.2 Å². The number of nitrogens with zero attached hydrogens (tertiary/aromatic N) is 6. The third-order valence-corrected chi connectivity index (χ3v) is 6.64. The molecule has 1 saturated heterocycles. The highest BCUT2D eigenvalue weighted by molar-refractivity contribution is 5.95. The fourth-order valence-corrected chi connectivity index (χ4v) is 4.45. The molecule has 0 saturated carbocycles. The Morgan fingerprint density at radius 1 is 1.06 bits per heavy atom. The molecular weight excluding hydrogens is 440 g/mol. The van der Waals surface area contributed by atoms with Crippen molar-refractivity contribution < 1.29 is 9.53 Å². The first-order valence-electron chi connectivity index (χ1n) is 12.3. The summed E-state index contributed by atoms with van der Waals surface area (Å²) >= 11 is 0. The molecule has 2 heterocycles. The van der Waals surface area contributed by atoms with Crippen LogP contribution in [0, 0.1) is 0 Å². The summed E-state index contributed by atoms with van der Waals surface area (Å²) in [5.41, 5.74) is 2.78. The Morgan fingerprint density at radius 3 is 2.51 bits per heavy atom. The lowest BCUT2D eigenvalue weighted by atomic mass is 10.0. The molecule has 0 N–H and O–H groups in total. The molecule has 1 aliphatic heterocycles. The van der Waals surface area contributed by atoms with Gasteiger partial charge in [-0.05, 0) is 64.2 Å². The third kappa shape index (κ3) is 6.68. The van der Waals surface area contributed by atoms with Crippen molar-refractivity contribution in [1.29, 1.82) is 0 Å². The standard InChI is InChI=1S/C27H36N6O2/c1-30(2)17-18-35-26-19-23(9-10-25(26)33-21-28-20-29-33)27(34)32-15-12-24(13-16-32)31(3)14-11-22-7-5-4-6-8-22/h4-10,19-21,24H,11-18H2,1-3H3. The lowest BCUT2D eigenvalue weighted by molar-refractivity contribution is 0.0646. The molecule has 1 aromatic heterocycles. The van der Waals surface area contributed by atoms with Crippen LogP contribution >= 0.6 is 0 Å². The molecule has 1 aliphatic rings. The number of likely N-dealkylation sites (N-methyl/N-ethyl adjacent to an activating group) is 2. The highest BCUT2D eigenvalue weighted by Crippen LogP contribution is 2.26. The number of likely N-dealkylation sites (tertiary alicyclic amines) is 1. The zero-order valence-corrected chi connectivity index (χ0v) is 21.0. The van der Waals surface area contributed by atoms with Gasteiger partial charge < -0.3 is 19.4 Å². The number of carbonyl (C=O) groups excluding carboxylic acids is 1. The Balaban J connectivity index is 1.36. The van der Waals surface area contributed by atoms with Crippen LogP contribution in [0.4, 0.5) is 0 Å². The molecule has 0 spiro atoms. The highest BCUT2D eigenvalue weighted by Gasteiger charge is 2.26. The molecule has 0 aliphatic carbocycles. The summed E-state index contributed by atoms with van der Waals surface area (Å²) in [5, 5.41) is 4.23. The zero-order valence-electron chi connectivity index (χ0n) is 21.0. The zero-order chi connectivity index (χ0) is 24.6. The molecule has 8 nitrogen and oxygen atoms in total. The van der Waals surface area contributed by atoms with Gasteiger partial charge in [0.25, 0.3) is 5.91 Å². The second kappa shape index (κ2) is 12.0. The van der Waals surface area contributed by atoms with Gasteiger partial charge >= 0.3 is 0 Å². The Bertz CT molecular complexity index is 1060. The van der Waals surface area contributed by atoms with Gasteiger partial charge in [-0.3, -0.25) is 4.79 Å². The molecule has 186 valence electrons. The molecule has 3 aromatic rings. The van der Waals surface area contributed by atoms with Gasteiger partial charge in [0.05, 0.1) is 0 Å². The summed E-state index contributed by atoms with van der Waals surface area (Å²) < 4.78 is 7.72. The summed E-state index contributed by atoms with van der Waals surface area (Å²) in [6, 6.07) is 16.7. The average molecular weight is 477 g/mol. The van der Waals surface area contributed by atoms with Crippen LogP contribution in [-0.4, -0.2) is 95.3 Å². The van der Waals surface area contributed by atoms with E-state index in [0.29, 0.717) is 24.0 Å². The second-order valence-corrected chi connectivity index (χ2v) is 9.41. The van der Waals surface area contributed by atoms with Crippen LogP contribution in [-0.2, 0) is 6.42 Å². The average Bonchev–Trinajstić information content (AvgIpc) is 3.42. The molecule has 0 bridgehead atoms. The fourth-order valence-electron chi connectivity index (χ4n) is 4.45. The lowest BCUT2D eigenvalue weighted by Gasteiger charge is -2.37.